The Morgan fingerprint density at radius 1 is 1.53 bits per heavy atom. The summed E-state index contributed by atoms with van der Waals surface area (Å²) in [5, 5.41) is 18.4. The number of aliphatic hydroxyl groups is 1. The van der Waals surface area contributed by atoms with Crippen LogP contribution in [0.2, 0.25) is 0 Å². The second-order valence-corrected chi connectivity index (χ2v) is 5.36. The molecule has 0 aliphatic carbocycles. The van der Waals surface area contributed by atoms with Crippen LogP contribution >= 0.6 is 0 Å². The summed E-state index contributed by atoms with van der Waals surface area (Å²) in [5.74, 6) is 1.33. The molecular formula is C15H21N3O. The summed E-state index contributed by atoms with van der Waals surface area (Å²) in [4.78, 5) is 6.77. The minimum absolute atomic E-state index is 0.240. The molecule has 1 saturated heterocycles. The summed E-state index contributed by atoms with van der Waals surface area (Å²) in [7, 11) is 0. The predicted octanol–water partition coefficient (Wildman–Crippen LogP) is 2.17. The molecule has 102 valence electrons. The minimum atomic E-state index is 0.240. The highest BCUT2D eigenvalue weighted by atomic mass is 16.3. The largest absolute Gasteiger partial charge is 0.396 e. The lowest BCUT2D eigenvalue weighted by Gasteiger charge is -2.34. The lowest BCUT2D eigenvalue weighted by molar-refractivity contribution is 0.244. The molecule has 19 heavy (non-hydrogen) atoms. The van der Waals surface area contributed by atoms with E-state index in [-0.39, 0.29) is 6.61 Å². The van der Waals surface area contributed by atoms with Crippen molar-refractivity contribution in [1.29, 1.82) is 5.26 Å². The van der Waals surface area contributed by atoms with Crippen molar-refractivity contribution in [1.82, 2.24) is 4.98 Å². The number of anilines is 1. The summed E-state index contributed by atoms with van der Waals surface area (Å²) in [6, 6.07) is 4.24. The Hall–Kier alpha value is -1.60. The van der Waals surface area contributed by atoms with Crippen LogP contribution in [0.25, 0.3) is 0 Å². The van der Waals surface area contributed by atoms with Crippen molar-refractivity contribution >= 4 is 5.82 Å². The number of nitriles is 1. The van der Waals surface area contributed by atoms with Gasteiger partial charge in [0.15, 0.2) is 0 Å². The van der Waals surface area contributed by atoms with Crippen LogP contribution in [-0.2, 0) is 0 Å². The standard InChI is InChI=1S/C15H21N3O/c1-11-8-12(2)17-15(14(11)9-16)18-6-3-4-13(10-18)5-7-19/h8,13,19H,3-7,10H2,1-2H3. The first kappa shape index (κ1) is 13.8. The number of aromatic nitrogens is 1. The van der Waals surface area contributed by atoms with E-state index in [4.69, 9.17) is 5.11 Å². The Balaban J connectivity index is 2.28. The van der Waals surface area contributed by atoms with Crippen molar-refractivity contribution in [3.63, 3.8) is 0 Å². The zero-order valence-electron chi connectivity index (χ0n) is 11.7. The molecule has 1 N–H and O–H groups in total. The maximum Gasteiger partial charge on any atom is 0.147 e. The molecule has 1 atom stereocenters. The molecule has 1 unspecified atom stereocenters. The molecule has 1 aromatic rings. The molecule has 0 bridgehead atoms. The molecule has 0 saturated carbocycles. The van der Waals surface area contributed by atoms with Gasteiger partial charge in [-0.1, -0.05) is 0 Å². The lowest BCUT2D eigenvalue weighted by Crippen LogP contribution is -2.37. The Kier molecular flexibility index (Phi) is 4.39. The number of pyridine rings is 1. The summed E-state index contributed by atoms with van der Waals surface area (Å²) in [6.07, 6.45) is 3.09. The number of piperidine rings is 1. The third-order valence-electron chi connectivity index (χ3n) is 3.79. The van der Waals surface area contributed by atoms with Crippen LogP contribution in [0.1, 0.15) is 36.1 Å². The maximum absolute atomic E-state index is 9.33. The highest BCUT2D eigenvalue weighted by molar-refractivity contribution is 5.58. The normalized spacial score (nSPS) is 19.3. The third-order valence-corrected chi connectivity index (χ3v) is 3.79. The van der Waals surface area contributed by atoms with Crippen LogP contribution in [0.4, 0.5) is 5.82 Å². The quantitative estimate of drug-likeness (QED) is 0.903. The maximum atomic E-state index is 9.33. The number of rotatable bonds is 3. The van der Waals surface area contributed by atoms with Gasteiger partial charge in [-0.25, -0.2) is 4.98 Å². The van der Waals surface area contributed by atoms with Gasteiger partial charge in [-0.15, -0.1) is 0 Å². The minimum Gasteiger partial charge on any atom is -0.396 e. The van der Waals surface area contributed by atoms with Gasteiger partial charge in [-0.3, -0.25) is 0 Å². The van der Waals surface area contributed by atoms with Gasteiger partial charge in [-0.2, -0.15) is 5.26 Å². The average Bonchev–Trinajstić information content (AvgIpc) is 2.38. The number of aliphatic hydroxyl groups excluding tert-OH is 1. The molecule has 2 heterocycles. The molecule has 0 aromatic carbocycles. The predicted molar refractivity (Wildman–Crippen MR) is 75.1 cm³/mol. The summed E-state index contributed by atoms with van der Waals surface area (Å²) < 4.78 is 0. The third kappa shape index (κ3) is 3.05. The molecular weight excluding hydrogens is 238 g/mol. The van der Waals surface area contributed by atoms with Gasteiger partial charge in [-0.05, 0) is 50.7 Å². The molecule has 1 aliphatic heterocycles. The second kappa shape index (κ2) is 6.03. The van der Waals surface area contributed by atoms with Crippen LogP contribution in [0, 0.1) is 31.1 Å². The Labute approximate surface area is 114 Å². The Morgan fingerprint density at radius 2 is 2.32 bits per heavy atom. The fourth-order valence-electron chi connectivity index (χ4n) is 2.86. The van der Waals surface area contributed by atoms with E-state index >= 15 is 0 Å². The molecule has 0 amide bonds. The van der Waals surface area contributed by atoms with Crippen LogP contribution < -0.4 is 4.90 Å². The summed E-state index contributed by atoms with van der Waals surface area (Å²) in [5.41, 5.74) is 2.64. The SMILES string of the molecule is Cc1cc(C)c(C#N)c(N2CCCC(CCO)C2)n1. The highest BCUT2D eigenvalue weighted by Gasteiger charge is 2.23. The number of hydrogen-bond donors (Lipinski definition) is 1. The van der Waals surface area contributed by atoms with Gasteiger partial charge in [0, 0.05) is 25.4 Å². The Morgan fingerprint density at radius 3 is 3.00 bits per heavy atom. The van der Waals surface area contributed by atoms with Crippen LogP contribution in [-0.4, -0.2) is 29.8 Å². The van der Waals surface area contributed by atoms with Gasteiger partial charge in [0.1, 0.15) is 11.9 Å². The van der Waals surface area contributed by atoms with E-state index in [1.165, 1.54) is 0 Å². The monoisotopic (exact) mass is 259 g/mol. The summed E-state index contributed by atoms with van der Waals surface area (Å²) in [6.45, 7) is 6.01. The van der Waals surface area contributed by atoms with Crippen molar-refractivity contribution in [2.75, 3.05) is 24.6 Å². The van der Waals surface area contributed by atoms with Crippen molar-refractivity contribution in [2.45, 2.75) is 33.1 Å². The fraction of sp³-hybridized carbons (Fsp3) is 0.600. The fourth-order valence-corrected chi connectivity index (χ4v) is 2.86. The van der Waals surface area contributed by atoms with E-state index in [0.29, 0.717) is 11.5 Å². The number of aryl methyl sites for hydroxylation is 2. The van der Waals surface area contributed by atoms with E-state index in [0.717, 1.165) is 49.4 Å². The van der Waals surface area contributed by atoms with Gasteiger partial charge < -0.3 is 10.0 Å². The second-order valence-electron chi connectivity index (χ2n) is 5.36. The summed E-state index contributed by atoms with van der Waals surface area (Å²) >= 11 is 0. The first-order valence-corrected chi connectivity index (χ1v) is 6.90. The molecule has 0 radical (unpaired) electrons. The molecule has 0 spiro atoms. The van der Waals surface area contributed by atoms with E-state index in [1.54, 1.807) is 0 Å². The first-order valence-electron chi connectivity index (χ1n) is 6.90. The molecule has 2 rings (SSSR count). The lowest BCUT2D eigenvalue weighted by atomic mass is 9.94. The van der Waals surface area contributed by atoms with E-state index in [1.807, 2.05) is 19.9 Å². The smallest absolute Gasteiger partial charge is 0.147 e. The zero-order chi connectivity index (χ0) is 13.8. The van der Waals surface area contributed by atoms with Gasteiger partial charge >= 0.3 is 0 Å². The van der Waals surface area contributed by atoms with Crippen molar-refractivity contribution in [3.8, 4) is 6.07 Å². The molecule has 1 fully saturated rings. The van der Waals surface area contributed by atoms with Crippen molar-refractivity contribution in [3.05, 3.63) is 22.9 Å². The average molecular weight is 259 g/mol. The van der Waals surface area contributed by atoms with E-state index in [9.17, 15) is 5.26 Å². The topological polar surface area (TPSA) is 60.2 Å². The number of hydrogen-bond acceptors (Lipinski definition) is 4. The van der Waals surface area contributed by atoms with Crippen molar-refractivity contribution < 1.29 is 5.11 Å². The highest BCUT2D eigenvalue weighted by Crippen LogP contribution is 2.27. The van der Waals surface area contributed by atoms with Gasteiger partial charge in [0.05, 0.1) is 5.56 Å². The van der Waals surface area contributed by atoms with E-state index in [2.05, 4.69) is 16.0 Å². The molecule has 4 nitrogen and oxygen atoms in total. The molecule has 4 heteroatoms. The molecule has 1 aromatic heterocycles. The van der Waals surface area contributed by atoms with Crippen LogP contribution in [0.5, 0.6) is 0 Å². The molecule has 1 aliphatic rings. The van der Waals surface area contributed by atoms with Gasteiger partial charge in [0.2, 0.25) is 0 Å². The zero-order valence-corrected chi connectivity index (χ0v) is 11.7. The van der Waals surface area contributed by atoms with Crippen LogP contribution in [0.15, 0.2) is 6.07 Å². The van der Waals surface area contributed by atoms with Crippen LogP contribution in [0.3, 0.4) is 0 Å². The van der Waals surface area contributed by atoms with Gasteiger partial charge in [0.25, 0.3) is 0 Å². The number of nitrogens with zero attached hydrogens (tertiary/aromatic N) is 3. The van der Waals surface area contributed by atoms with E-state index < -0.39 is 0 Å². The van der Waals surface area contributed by atoms with Crippen molar-refractivity contribution in [2.24, 2.45) is 5.92 Å². The Bertz CT molecular complexity index is 491. The first-order chi connectivity index (χ1) is 9.15.